The standard InChI is InChI=1S/C16H19N3O/c1-11-7-13-5-3-4-6-15(13)19(9-11)16-17-8-14(10-20)12(2)18-16/h3-6,8,11,20H,7,9-10H2,1-2H3. The van der Waals surface area contributed by atoms with Crippen LogP contribution in [0.1, 0.15) is 23.7 Å². The molecule has 0 spiro atoms. The SMILES string of the molecule is Cc1nc(N2CC(C)Cc3ccccc32)ncc1CO. The molecule has 1 unspecified atom stereocenters. The lowest BCUT2D eigenvalue weighted by molar-refractivity contribution is 0.280. The van der Waals surface area contributed by atoms with E-state index in [-0.39, 0.29) is 6.61 Å². The number of nitrogens with zero attached hydrogens (tertiary/aromatic N) is 3. The lowest BCUT2D eigenvalue weighted by Crippen LogP contribution is -2.31. The number of benzene rings is 1. The van der Waals surface area contributed by atoms with Gasteiger partial charge in [-0.1, -0.05) is 25.1 Å². The van der Waals surface area contributed by atoms with Gasteiger partial charge in [-0.2, -0.15) is 0 Å². The average molecular weight is 269 g/mol. The van der Waals surface area contributed by atoms with Crippen molar-refractivity contribution in [1.29, 1.82) is 0 Å². The third-order valence-electron chi connectivity index (χ3n) is 3.83. The number of fused-ring (bicyclic) bond motifs is 1. The number of aliphatic hydroxyl groups is 1. The summed E-state index contributed by atoms with van der Waals surface area (Å²) in [6.07, 6.45) is 2.82. The number of aliphatic hydroxyl groups excluding tert-OH is 1. The molecule has 2 heterocycles. The van der Waals surface area contributed by atoms with Crippen LogP contribution in [-0.4, -0.2) is 21.6 Å². The van der Waals surface area contributed by atoms with Gasteiger partial charge in [0, 0.05) is 29.7 Å². The van der Waals surface area contributed by atoms with E-state index in [0.717, 1.165) is 30.2 Å². The van der Waals surface area contributed by atoms with E-state index in [9.17, 15) is 5.11 Å². The molecule has 0 bridgehead atoms. The highest BCUT2D eigenvalue weighted by Gasteiger charge is 2.24. The molecule has 1 aromatic carbocycles. The molecule has 1 aliphatic rings. The third-order valence-corrected chi connectivity index (χ3v) is 3.83. The minimum absolute atomic E-state index is 0.0148. The second kappa shape index (κ2) is 5.21. The van der Waals surface area contributed by atoms with Crippen molar-refractivity contribution in [3.05, 3.63) is 47.3 Å². The molecule has 0 saturated carbocycles. The highest BCUT2D eigenvalue weighted by molar-refractivity contribution is 5.63. The average Bonchev–Trinajstić information content (AvgIpc) is 2.46. The Morgan fingerprint density at radius 3 is 2.90 bits per heavy atom. The number of para-hydroxylation sites is 1. The van der Waals surface area contributed by atoms with E-state index in [4.69, 9.17) is 0 Å². The van der Waals surface area contributed by atoms with E-state index in [1.165, 1.54) is 11.3 Å². The molecule has 104 valence electrons. The van der Waals surface area contributed by atoms with Crippen LogP contribution < -0.4 is 4.90 Å². The van der Waals surface area contributed by atoms with Gasteiger partial charge in [-0.3, -0.25) is 0 Å². The van der Waals surface area contributed by atoms with Crippen LogP contribution >= 0.6 is 0 Å². The van der Waals surface area contributed by atoms with Crippen LogP contribution in [0, 0.1) is 12.8 Å². The topological polar surface area (TPSA) is 49.2 Å². The molecule has 0 fully saturated rings. The number of aryl methyl sites for hydroxylation is 1. The highest BCUT2D eigenvalue weighted by atomic mass is 16.3. The van der Waals surface area contributed by atoms with Crippen molar-refractivity contribution in [2.24, 2.45) is 5.92 Å². The van der Waals surface area contributed by atoms with Crippen molar-refractivity contribution in [1.82, 2.24) is 9.97 Å². The second-order valence-electron chi connectivity index (χ2n) is 5.49. The van der Waals surface area contributed by atoms with E-state index in [1.54, 1.807) is 6.20 Å². The predicted molar refractivity (Wildman–Crippen MR) is 79.0 cm³/mol. The minimum Gasteiger partial charge on any atom is -0.392 e. The van der Waals surface area contributed by atoms with E-state index in [2.05, 4.69) is 46.1 Å². The first kappa shape index (κ1) is 13.1. The number of aromatic nitrogens is 2. The zero-order valence-electron chi connectivity index (χ0n) is 11.9. The van der Waals surface area contributed by atoms with Crippen LogP contribution in [0.15, 0.2) is 30.5 Å². The Morgan fingerprint density at radius 1 is 1.35 bits per heavy atom. The van der Waals surface area contributed by atoms with Gasteiger partial charge in [-0.05, 0) is 30.9 Å². The first-order valence-corrected chi connectivity index (χ1v) is 6.98. The molecule has 20 heavy (non-hydrogen) atoms. The molecular weight excluding hydrogens is 250 g/mol. The Kier molecular flexibility index (Phi) is 3.40. The first-order valence-electron chi connectivity index (χ1n) is 6.98. The molecule has 3 rings (SSSR count). The van der Waals surface area contributed by atoms with Gasteiger partial charge in [0.25, 0.3) is 0 Å². The van der Waals surface area contributed by atoms with E-state index in [1.807, 2.05) is 6.92 Å². The summed E-state index contributed by atoms with van der Waals surface area (Å²) >= 11 is 0. The summed E-state index contributed by atoms with van der Waals surface area (Å²) in [6.45, 7) is 5.07. The predicted octanol–water partition coefficient (Wildman–Crippen LogP) is 2.61. The van der Waals surface area contributed by atoms with Crippen molar-refractivity contribution in [3.8, 4) is 0 Å². The maximum absolute atomic E-state index is 9.23. The van der Waals surface area contributed by atoms with Gasteiger partial charge in [0.1, 0.15) is 0 Å². The number of rotatable bonds is 2. The largest absolute Gasteiger partial charge is 0.392 e. The monoisotopic (exact) mass is 269 g/mol. The van der Waals surface area contributed by atoms with Crippen LogP contribution in [0.4, 0.5) is 11.6 Å². The van der Waals surface area contributed by atoms with Gasteiger partial charge >= 0.3 is 0 Å². The van der Waals surface area contributed by atoms with Crippen molar-refractivity contribution < 1.29 is 5.11 Å². The molecule has 1 N–H and O–H groups in total. The smallest absolute Gasteiger partial charge is 0.230 e. The van der Waals surface area contributed by atoms with Crippen LogP contribution in [0.25, 0.3) is 0 Å². The van der Waals surface area contributed by atoms with Gasteiger partial charge in [0.05, 0.1) is 6.61 Å². The molecule has 0 radical (unpaired) electrons. The Bertz CT molecular complexity index is 627. The molecular formula is C16H19N3O. The summed E-state index contributed by atoms with van der Waals surface area (Å²) < 4.78 is 0. The van der Waals surface area contributed by atoms with Crippen LogP contribution in [0.3, 0.4) is 0 Å². The van der Waals surface area contributed by atoms with Crippen molar-refractivity contribution in [2.75, 3.05) is 11.4 Å². The van der Waals surface area contributed by atoms with Gasteiger partial charge in [-0.25, -0.2) is 9.97 Å². The van der Waals surface area contributed by atoms with Gasteiger partial charge in [0.15, 0.2) is 0 Å². The molecule has 1 aliphatic heterocycles. The quantitative estimate of drug-likeness (QED) is 0.910. The van der Waals surface area contributed by atoms with Crippen LogP contribution in [-0.2, 0) is 13.0 Å². The van der Waals surface area contributed by atoms with Crippen molar-refractivity contribution >= 4 is 11.6 Å². The lowest BCUT2D eigenvalue weighted by Gasteiger charge is -2.33. The van der Waals surface area contributed by atoms with Gasteiger partial charge in [-0.15, -0.1) is 0 Å². The molecule has 0 saturated heterocycles. The highest BCUT2D eigenvalue weighted by Crippen LogP contribution is 2.33. The fraction of sp³-hybridized carbons (Fsp3) is 0.375. The Balaban J connectivity index is 2.04. The Labute approximate surface area is 119 Å². The summed E-state index contributed by atoms with van der Waals surface area (Å²) in [5, 5.41) is 9.23. The lowest BCUT2D eigenvalue weighted by atomic mass is 9.94. The van der Waals surface area contributed by atoms with Gasteiger partial charge in [0.2, 0.25) is 5.95 Å². The normalized spacial score (nSPS) is 17.9. The summed E-state index contributed by atoms with van der Waals surface area (Å²) in [4.78, 5) is 11.2. The maximum atomic E-state index is 9.23. The maximum Gasteiger partial charge on any atom is 0.230 e. The molecule has 1 atom stereocenters. The van der Waals surface area contributed by atoms with Crippen LogP contribution in [0.5, 0.6) is 0 Å². The van der Waals surface area contributed by atoms with Gasteiger partial charge < -0.3 is 10.0 Å². The summed E-state index contributed by atoms with van der Waals surface area (Å²) in [7, 11) is 0. The molecule has 0 aliphatic carbocycles. The molecule has 2 aromatic rings. The van der Waals surface area contributed by atoms with Crippen LogP contribution in [0.2, 0.25) is 0 Å². The Morgan fingerprint density at radius 2 is 2.15 bits per heavy atom. The van der Waals surface area contributed by atoms with E-state index < -0.39 is 0 Å². The molecule has 4 nitrogen and oxygen atoms in total. The number of hydrogen-bond acceptors (Lipinski definition) is 4. The van der Waals surface area contributed by atoms with E-state index in [0.29, 0.717) is 5.92 Å². The number of anilines is 2. The first-order chi connectivity index (χ1) is 9.69. The zero-order valence-corrected chi connectivity index (χ0v) is 11.9. The Hall–Kier alpha value is -1.94. The fourth-order valence-corrected chi connectivity index (χ4v) is 2.75. The van der Waals surface area contributed by atoms with E-state index >= 15 is 0 Å². The third kappa shape index (κ3) is 2.27. The van der Waals surface area contributed by atoms with Crippen molar-refractivity contribution in [3.63, 3.8) is 0 Å². The molecule has 4 heteroatoms. The summed E-state index contributed by atoms with van der Waals surface area (Å²) in [5.74, 6) is 1.30. The zero-order chi connectivity index (χ0) is 14.1. The summed E-state index contributed by atoms with van der Waals surface area (Å²) in [5.41, 5.74) is 4.17. The molecule has 0 amide bonds. The number of hydrogen-bond donors (Lipinski definition) is 1. The second-order valence-corrected chi connectivity index (χ2v) is 5.49. The minimum atomic E-state index is -0.0148. The summed E-state index contributed by atoms with van der Waals surface area (Å²) in [6, 6.07) is 8.43. The van der Waals surface area contributed by atoms with Crippen molar-refractivity contribution in [2.45, 2.75) is 26.9 Å². The fourth-order valence-electron chi connectivity index (χ4n) is 2.75. The molecule has 1 aromatic heterocycles.